The molecule has 154 valence electrons. The molecule has 0 aliphatic carbocycles. The van der Waals surface area contributed by atoms with Crippen LogP contribution in [-0.4, -0.2) is 23.0 Å². The number of nitrogens with two attached hydrogens (primary N) is 1. The topological polar surface area (TPSA) is 90.9 Å². The molecular formula is C23H17FN4O2S. The van der Waals surface area contributed by atoms with Gasteiger partial charge in [0.15, 0.2) is 5.65 Å². The number of hydrogen-bond donors (Lipinski definition) is 1. The van der Waals surface area contributed by atoms with E-state index in [4.69, 9.17) is 5.73 Å². The van der Waals surface area contributed by atoms with E-state index in [9.17, 15) is 12.8 Å². The largest absolute Gasteiger partial charge is 0.384 e. The third-order valence-corrected chi connectivity index (χ3v) is 6.97. The summed E-state index contributed by atoms with van der Waals surface area (Å²) in [5.41, 5.74) is 9.81. The van der Waals surface area contributed by atoms with Crippen LogP contribution in [-0.2, 0) is 9.84 Å². The molecule has 2 heterocycles. The number of nitrogen functional groups attached to an aromatic ring is 1. The molecule has 0 unspecified atom stereocenters. The lowest BCUT2D eigenvalue weighted by Crippen LogP contribution is -2.07. The molecule has 0 bridgehead atoms. The van der Waals surface area contributed by atoms with E-state index in [1.54, 1.807) is 22.8 Å². The predicted molar refractivity (Wildman–Crippen MR) is 117 cm³/mol. The number of fused-ring (bicyclic) bond motifs is 2. The van der Waals surface area contributed by atoms with Gasteiger partial charge in [0.2, 0.25) is 9.84 Å². The Morgan fingerprint density at radius 3 is 2.13 bits per heavy atom. The van der Waals surface area contributed by atoms with Crippen LogP contribution in [0.3, 0.4) is 0 Å². The summed E-state index contributed by atoms with van der Waals surface area (Å²) in [6.45, 7) is 1.96. The maximum atomic E-state index is 13.5. The summed E-state index contributed by atoms with van der Waals surface area (Å²) in [5, 5.41) is 0. The van der Waals surface area contributed by atoms with E-state index in [2.05, 4.69) is 9.97 Å². The highest BCUT2D eigenvalue weighted by Gasteiger charge is 2.30. The number of sulfone groups is 1. The zero-order chi connectivity index (χ0) is 21.8. The van der Waals surface area contributed by atoms with E-state index in [1.165, 1.54) is 12.1 Å². The van der Waals surface area contributed by atoms with Gasteiger partial charge in [-0.1, -0.05) is 29.8 Å². The van der Waals surface area contributed by atoms with Crippen LogP contribution in [0.25, 0.3) is 27.9 Å². The highest BCUT2D eigenvalue weighted by Crippen LogP contribution is 2.37. The quantitative estimate of drug-likeness (QED) is 0.426. The predicted octanol–water partition coefficient (Wildman–Crippen LogP) is 4.44. The summed E-state index contributed by atoms with van der Waals surface area (Å²) >= 11 is 0. The molecule has 0 saturated carbocycles. The van der Waals surface area contributed by atoms with Crippen molar-refractivity contribution >= 4 is 37.9 Å². The van der Waals surface area contributed by atoms with Gasteiger partial charge in [-0.3, -0.25) is 4.57 Å². The smallest absolute Gasteiger partial charge is 0.212 e. The molecule has 0 amide bonds. The Kier molecular flexibility index (Phi) is 4.26. The number of nitrogens with zero attached hydrogens (tertiary/aromatic N) is 3. The summed E-state index contributed by atoms with van der Waals surface area (Å²) < 4.78 is 42.0. The normalized spacial score (nSPS) is 11.9. The first-order chi connectivity index (χ1) is 14.9. The highest BCUT2D eigenvalue weighted by atomic mass is 32.2. The molecule has 0 fully saturated rings. The van der Waals surface area contributed by atoms with Crippen LogP contribution in [0.15, 0.2) is 82.6 Å². The van der Waals surface area contributed by atoms with Crippen molar-refractivity contribution in [3.05, 3.63) is 84.2 Å². The van der Waals surface area contributed by atoms with Gasteiger partial charge in [-0.2, -0.15) is 0 Å². The lowest BCUT2D eigenvalue weighted by atomic mass is 10.2. The molecular weight excluding hydrogens is 415 g/mol. The van der Waals surface area contributed by atoms with Gasteiger partial charge >= 0.3 is 0 Å². The first-order valence-electron chi connectivity index (χ1n) is 9.50. The molecule has 5 rings (SSSR count). The average Bonchev–Trinajstić information content (AvgIpc) is 3.04. The Balaban J connectivity index is 1.90. The first kappa shape index (κ1) is 19.2. The second-order valence-corrected chi connectivity index (χ2v) is 9.11. The molecule has 0 atom stereocenters. The highest BCUT2D eigenvalue weighted by molar-refractivity contribution is 7.92. The summed E-state index contributed by atoms with van der Waals surface area (Å²) in [4.78, 5) is 9.05. The maximum absolute atomic E-state index is 13.5. The first-order valence-corrected chi connectivity index (χ1v) is 11.0. The lowest BCUT2D eigenvalue weighted by Gasteiger charge is -2.09. The van der Waals surface area contributed by atoms with E-state index in [-0.39, 0.29) is 21.1 Å². The van der Waals surface area contributed by atoms with Crippen LogP contribution in [0.2, 0.25) is 0 Å². The molecule has 5 aromatic rings. The number of rotatable bonds is 3. The molecule has 3 aromatic carbocycles. The van der Waals surface area contributed by atoms with Crippen LogP contribution in [0.5, 0.6) is 0 Å². The van der Waals surface area contributed by atoms with Crippen LogP contribution in [0.1, 0.15) is 5.56 Å². The number of aromatic nitrogens is 3. The fraction of sp³-hybridized carbons (Fsp3) is 0.0435. The number of halogens is 1. The fourth-order valence-corrected chi connectivity index (χ4v) is 5.08. The number of benzene rings is 3. The van der Waals surface area contributed by atoms with Crippen LogP contribution in [0, 0.1) is 12.7 Å². The molecule has 31 heavy (non-hydrogen) atoms. The van der Waals surface area contributed by atoms with Crippen molar-refractivity contribution in [1.82, 2.24) is 14.5 Å². The zero-order valence-corrected chi connectivity index (χ0v) is 17.3. The standard InChI is InChI=1S/C23H17FN4O2S/c1-14-6-10-16(11-7-14)28-22(25)21(31(29,30)17-12-8-15(24)9-13-17)20-23(28)27-19-5-3-2-4-18(19)26-20/h2-13H,25H2,1H3. The van der Waals surface area contributed by atoms with Gasteiger partial charge < -0.3 is 5.73 Å². The summed E-state index contributed by atoms with van der Waals surface area (Å²) in [5.74, 6) is -0.529. The van der Waals surface area contributed by atoms with Crippen molar-refractivity contribution in [1.29, 1.82) is 0 Å². The molecule has 2 N–H and O–H groups in total. The van der Waals surface area contributed by atoms with Gasteiger partial charge in [0.1, 0.15) is 22.0 Å². The van der Waals surface area contributed by atoms with Crippen molar-refractivity contribution in [3.8, 4) is 5.69 Å². The molecule has 2 aromatic heterocycles. The SMILES string of the molecule is Cc1ccc(-n2c(N)c(S(=O)(=O)c3ccc(F)cc3)c3nc4ccccc4nc32)cc1. The van der Waals surface area contributed by atoms with Crippen molar-refractivity contribution in [2.24, 2.45) is 0 Å². The average molecular weight is 432 g/mol. The van der Waals surface area contributed by atoms with E-state index in [0.29, 0.717) is 22.4 Å². The lowest BCUT2D eigenvalue weighted by molar-refractivity contribution is 0.595. The van der Waals surface area contributed by atoms with Gasteiger partial charge in [-0.05, 0) is 55.5 Å². The second-order valence-electron chi connectivity index (χ2n) is 7.23. The van der Waals surface area contributed by atoms with E-state index in [0.717, 1.165) is 17.7 Å². The maximum Gasteiger partial charge on any atom is 0.212 e. The van der Waals surface area contributed by atoms with Gasteiger partial charge in [0, 0.05) is 5.69 Å². The molecule has 0 radical (unpaired) electrons. The number of aryl methyl sites for hydroxylation is 1. The van der Waals surface area contributed by atoms with Crippen LogP contribution in [0.4, 0.5) is 10.2 Å². The monoisotopic (exact) mass is 432 g/mol. The van der Waals surface area contributed by atoms with E-state index < -0.39 is 15.7 Å². The summed E-state index contributed by atoms with van der Waals surface area (Å²) in [7, 11) is -4.09. The van der Waals surface area contributed by atoms with Crippen molar-refractivity contribution in [3.63, 3.8) is 0 Å². The summed E-state index contributed by atoms with van der Waals surface area (Å²) in [6, 6.07) is 19.3. The molecule has 0 saturated heterocycles. The number of para-hydroxylation sites is 2. The van der Waals surface area contributed by atoms with Crippen molar-refractivity contribution in [2.75, 3.05) is 5.73 Å². The third kappa shape index (κ3) is 3.03. The molecule has 0 aliphatic rings. The number of hydrogen-bond acceptors (Lipinski definition) is 5. The van der Waals surface area contributed by atoms with Crippen molar-refractivity contribution in [2.45, 2.75) is 16.7 Å². The minimum absolute atomic E-state index is 0.00140. The summed E-state index contributed by atoms with van der Waals surface area (Å²) in [6.07, 6.45) is 0. The van der Waals surface area contributed by atoms with E-state index in [1.807, 2.05) is 37.3 Å². The zero-order valence-electron chi connectivity index (χ0n) is 16.4. The molecule has 0 spiro atoms. The van der Waals surface area contributed by atoms with Gasteiger partial charge in [-0.15, -0.1) is 0 Å². The Hall–Kier alpha value is -3.78. The van der Waals surface area contributed by atoms with Crippen molar-refractivity contribution < 1.29 is 12.8 Å². The van der Waals surface area contributed by atoms with Gasteiger partial charge in [0.05, 0.1) is 15.9 Å². The Morgan fingerprint density at radius 2 is 1.48 bits per heavy atom. The Bertz CT molecular complexity index is 1560. The fourth-order valence-electron chi connectivity index (χ4n) is 3.59. The van der Waals surface area contributed by atoms with E-state index >= 15 is 0 Å². The van der Waals surface area contributed by atoms with Gasteiger partial charge in [0.25, 0.3) is 0 Å². The van der Waals surface area contributed by atoms with Crippen LogP contribution >= 0.6 is 0 Å². The number of anilines is 1. The Labute approximate surface area is 177 Å². The second kappa shape index (κ2) is 6.88. The van der Waals surface area contributed by atoms with Crippen LogP contribution < -0.4 is 5.73 Å². The van der Waals surface area contributed by atoms with Gasteiger partial charge in [-0.25, -0.2) is 22.8 Å². The molecule has 0 aliphatic heterocycles. The Morgan fingerprint density at radius 1 is 0.871 bits per heavy atom. The molecule has 6 nitrogen and oxygen atoms in total. The minimum atomic E-state index is -4.09. The third-order valence-electron chi connectivity index (χ3n) is 5.14. The minimum Gasteiger partial charge on any atom is -0.384 e. The molecule has 8 heteroatoms.